The molecule has 21 heavy (non-hydrogen) atoms. The topological polar surface area (TPSA) is 78.4 Å². The van der Waals surface area contributed by atoms with Crippen molar-refractivity contribution in [3.63, 3.8) is 0 Å². The molecule has 7 nitrogen and oxygen atoms in total. The van der Waals surface area contributed by atoms with Crippen LogP contribution in [-0.4, -0.2) is 39.4 Å². The summed E-state index contributed by atoms with van der Waals surface area (Å²) < 4.78 is 3.20. The van der Waals surface area contributed by atoms with Gasteiger partial charge in [-0.15, -0.1) is 0 Å². The molecule has 0 radical (unpaired) electrons. The lowest BCUT2D eigenvalue weighted by Crippen LogP contribution is -2.55. The van der Waals surface area contributed by atoms with E-state index in [0.717, 1.165) is 18.9 Å². The molecule has 1 saturated heterocycles. The highest BCUT2D eigenvalue weighted by atomic mass is 16.1. The zero-order chi connectivity index (χ0) is 15.1. The van der Waals surface area contributed by atoms with Crippen molar-refractivity contribution in [2.75, 3.05) is 18.0 Å². The first-order chi connectivity index (χ1) is 10.0. The van der Waals surface area contributed by atoms with Crippen LogP contribution in [0.2, 0.25) is 0 Å². The first-order valence-electron chi connectivity index (χ1n) is 7.01. The molecule has 0 amide bonds. The van der Waals surface area contributed by atoms with Gasteiger partial charge in [0.15, 0.2) is 5.69 Å². The van der Waals surface area contributed by atoms with Crippen molar-refractivity contribution >= 4 is 11.5 Å². The zero-order valence-corrected chi connectivity index (χ0v) is 12.4. The van der Waals surface area contributed by atoms with E-state index in [9.17, 15) is 4.79 Å². The molecule has 1 aliphatic rings. The minimum absolute atomic E-state index is 0.0970. The maximum absolute atomic E-state index is 12.2. The Bertz CT molecular complexity index is 783. The molecule has 2 aromatic heterocycles. The SMILES string of the molecule is C[C@@H]1CN(c2cc(=O)n(C)c3cc(C#N)nn23)[C@@H](C)CN1. The van der Waals surface area contributed by atoms with E-state index in [-0.39, 0.29) is 11.6 Å². The Morgan fingerprint density at radius 1 is 1.43 bits per heavy atom. The highest BCUT2D eigenvalue weighted by molar-refractivity contribution is 5.53. The standard InChI is InChI=1S/C14H18N6O/c1-9-8-19(10(2)7-16-9)13-5-14(21)18(3)12-4-11(6-15)17-20(12)13/h4-5,9-10,16H,7-8H2,1-3H3/t9-,10+/m1/s1. The quantitative estimate of drug-likeness (QED) is 0.804. The third-order valence-electron chi connectivity index (χ3n) is 4.01. The summed E-state index contributed by atoms with van der Waals surface area (Å²) >= 11 is 0. The van der Waals surface area contributed by atoms with E-state index in [2.05, 4.69) is 29.2 Å². The molecule has 1 fully saturated rings. The van der Waals surface area contributed by atoms with E-state index in [0.29, 0.717) is 17.4 Å². The third kappa shape index (κ3) is 2.17. The molecule has 0 saturated carbocycles. The predicted octanol–water partition coefficient (Wildman–Crippen LogP) is 0.0913. The molecule has 0 unspecified atom stereocenters. The highest BCUT2D eigenvalue weighted by Crippen LogP contribution is 2.20. The second kappa shape index (κ2) is 4.90. The van der Waals surface area contributed by atoms with Gasteiger partial charge in [-0.2, -0.15) is 14.9 Å². The number of aryl methyl sites for hydroxylation is 1. The van der Waals surface area contributed by atoms with Crippen molar-refractivity contribution in [3.8, 4) is 6.07 Å². The number of nitrogens with one attached hydrogen (secondary N) is 1. The number of anilines is 1. The van der Waals surface area contributed by atoms with Crippen molar-refractivity contribution in [2.45, 2.75) is 25.9 Å². The van der Waals surface area contributed by atoms with E-state index in [1.807, 2.05) is 6.07 Å². The second-order valence-electron chi connectivity index (χ2n) is 5.62. The molecule has 0 aromatic carbocycles. The fourth-order valence-corrected chi connectivity index (χ4v) is 2.76. The van der Waals surface area contributed by atoms with Crippen molar-refractivity contribution < 1.29 is 0 Å². The number of hydrogen-bond acceptors (Lipinski definition) is 5. The number of piperazine rings is 1. The largest absolute Gasteiger partial charge is 0.351 e. The molecule has 2 aromatic rings. The zero-order valence-electron chi connectivity index (χ0n) is 12.4. The van der Waals surface area contributed by atoms with Crippen LogP contribution >= 0.6 is 0 Å². The summed E-state index contributed by atoms with van der Waals surface area (Å²) in [5.74, 6) is 0.746. The summed E-state index contributed by atoms with van der Waals surface area (Å²) in [7, 11) is 1.69. The average molecular weight is 286 g/mol. The lowest BCUT2D eigenvalue weighted by atomic mass is 10.1. The molecule has 3 rings (SSSR count). The van der Waals surface area contributed by atoms with Crippen molar-refractivity contribution in [3.05, 3.63) is 28.2 Å². The van der Waals surface area contributed by atoms with E-state index in [1.165, 1.54) is 4.57 Å². The molecule has 2 atom stereocenters. The molecule has 0 spiro atoms. The number of nitrogens with zero attached hydrogens (tertiary/aromatic N) is 5. The van der Waals surface area contributed by atoms with Crippen LogP contribution in [0.3, 0.4) is 0 Å². The van der Waals surface area contributed by atoms with Gasteiger partial charge in [-0.3, -0.25) is 9.36 Å². The van der Waals surface area contributed by atoms with Crippen LogP contribution in [0, 0.1) is 11.3 Å². The summed E-state index contributed by atoms with van der Waals surface area (Å²) in [5.41, 5.74) is 0.848. The van der Waals surface area contributed by atoms with Crippen molar-refractivity contribution in [1.29, 1.82) is 5.26 Å². The van der Waals surface area contributed by atoms with Gasteiger partial charge in [-0.1, -0.05) is 0 Å². The molecular weight excluding hydrogens is 268 g/mol. The van der Waals surface area contributed by atoms with Crippen LogP contribution in [0.15, 0.2) is 16.9 Å². The Labute approximate surface area is 122 Å². The molecule has 110 valence electrons. The van der Waals surface area contributed by atoms with Crippen LogP contribution in [0.4, 0.5) is 5.82 Å². The van der Waals surface area contributed by atoms with Crippen LogP contribution in [0.1, 0.15) is 19.5 Å². The van der Waals surface area contributed by atoms with Gasteiger partial charge < -0.3 is 10.2 Å². The van der Waals surface area contributed by atoms with E-state index >= 15 is 0 Å². The monoisotopic (exact) mass is 286 g/mol. The minimum Gasteiger partial charge on any atom is -0.351 e. The van der Waals surface area contributed by atoms with Gasteiger partial charge in [0, 0.05) is 44.4 Å². The lowest BCUT2D eigenvalue weighted by molar-refractivity contribution is 0.420. The lowest BCUT2D eigenvalue weighted by Gasteiger charge is -2.39. The number of hydrogen-bond donors (Lipinski definition) is 1. The molecular formula is C14H18N6O. The minimum atomic E-state index is -0.0970. The maximum atomic E-state index is 12.2. The average Bonchev–Trinajstić information content (AvgIpc) is 2.90. The van der Waals surface area contributed by atoms with Crippen LogP contribution in [0.25, 0.3) is 5.65 Å². The predicted molar refractivity (Wildman–Crippen MR) is 79.4 cm³/mol. The van der Waals surface area contributed by atoms with Crippen LogP contribution in [-0.2, 0) is 7.05 Å². The Hall–Kier alpha value is -2.33. The Kier molecular flexibility index (Phi) is 3.18. The number of aromatic nitrogens is 3. The van der Waals surface area contributed by atoms with E-state index < -0.39 is 0 Å². The van der Waals surface area contributed by atoms with Gasteiger partial charge in [-0.25, -0.2) is 0 Å². The van der Waals surface area contributed by atoms with E-state index in [1.54, 1.807) is 23.7 Å². The normalized spacial score (nSPS) is 22.5. The first-order valence-corrected chi connectivity index (χ1v) is 7.01. The second-order valence-corrected chi connectivity index (χ2v) is 5.62. The van der Waals surface area contributed by atoms with E-state index in [4.69, 9.17) is 5.26 Å². The van der Waals surface area contributed by atoms with Crippen molar-refractivity contribution in [1.82, 2.24) is 19.5 Å². The molecule has 1 aliphatic heterocycles. The van der Waals surface area contributed by atoms with Gasteiger partial charge in [0.05, 0.1) is 0 Å². The number of rotatable bonds is 1. The Balaban J connectivity index is 2.22. The number of fused-ring (bicyclic) bond motifs is 1. The Morgan fingerprint density at radius 3 is 2.90 bits per heavy atom. The fourth-order valence-electron chi connectivity index (χ4n) is 2.76. The maximum Gasteiger partial charge on any atom is 0.255 e. The summed E-state index contributed by atoms with van der Waals surface area (Å²) in [6.45, 7) is 5.87. The molecule has 0 bridgehead atoms. The summed E-state index contributed by atoms with van der Waals surface area (Å²) in [4.78, 5) is 14.3. The smallest absolute Gasteiger partial charge is 0.255 e. The van der Waals surface area contributed by atoms with Gasteiger partial charge in [0.25, 0.3) is 5.56 Å². The Morgan fingerprint density at radius 2 is 2.19 bits per heavy atom. The van der Waals surface area contributed by atoms with Crippen LogP contribution in [0.5, 0.6) is 0 Å². The van der Waals surface area contributed by atoms with Crippen molar-refractivity contribution in [2.24, 2.45) is 7.05 Å². The fraction of sp³-hybridized carbons (Fsp3) is 0.500. The van der Waals surface area contributed by atoms with Gasteiger partial charge in [0.2, 0.25) is 0 Å². The molecule has 7 heteroatoms. The highest BCUT2D eigenvalue weighted by Gasteiger charge is 2.25. The van der Waals surface area contributed by atoms with Gasteiger partial charge >= 0.3 is 0 Å². The van der Waals surface area contributed by atoms with Gasteiger partial charge in [-0.05, 0) is 13.8 Å². The first kappa shape index (κ1) is 13.6. The number of nitriles is 1. The summed E-state index contributed by atoms with van der Waals surface area (Å²) in [5, 5.41) is 16.8. The van der Waals surface area contributed by atoms with Crippen LogP contribution < -0.4 is 15.8 Å². The molecule has 1 N–H and O–H groups in total. The molecule has 0 aliphatic carbocycles. The summed E-state index contributed by atoms with van der Waals surface area (Å²) in [6, 6.07) is 5.86. The third-order valence-corrected chi connectivity index (χ3v) is 4.01. The molecule has 3 heterocycles. The van der Waals surface area contributed by atoms with Gasteiger partial charge in [0.1, 0.15) is 17.5 Å². The summed E-state index contributed by atoms with van der Waals surface area (Å²) in [6.07, 6.45) is 0.